The molecule has 1 unspecified atom stereocenters. The molecule has 1 aromatic rings. The molecule has 0 saturated carbocycles. The Balaban J connectivity index is 0.00000300. The Kier molecular flexibility index (Phi) is 7.36. The van der Waals surface area contributed by atoms with Gasteiger partial charge in [-0.15, -0.1) is 11.3 Å². The molecule has 2 aliphatic heterocycles. The van der Waals surface area contributed by atoms with Crippen LogP contribution in [0, 0.1) is 0 Å². The zero-order chi connectivity index (χ0) is 20.7. The summed E-state index contributed by atoms with van der Waals surface area (Å²) in [6, 6.07) is -1.43. The number of carbonyl (C=O) groups excluding carboxylic acids is 2. The number of hydrogen-bond donors (Lipinski definition) is 1. The molecule has 0 aromatic carbocycles. The van der Waals surface area contributed by atoms with Crippen LogP contribution in [0.25, 0.3) is 5.57 Å². The van der Waals surface area contributed by atoms with E-state index in [1.807, 2.05) is 0 Å². The Morgan fingerprint density at radius 3 is 2.76 bits per heavy atom. The number of aromatic nitrogens is 1. The van der Waals surface area contributed by atoms with Crippen LogP contribution in [0.15, 0.2) is 12.3 Å². The number of fused-ring (bicyclic) bond motifs is 2. The van der Waals surface area contributed by atoms with Crippen molar-refractivity contribution in [3.8, 4) is 0 Å². The molecule has 3 rings (SSSR count). The molecule has 2 aliphatic rings. The first kappa shape index (κ1) is 24.1. The van der Waals surface area contributed by atoms with E-state index in [0.29, 0.717) is 20.5 Å². The van der Waals surface area contributed by atoms with Gasteiger partial charge in [0.25, 0.3) is 0 Å². The van der Waals surface area contributed by atoms with Gasteiger partial charge in [0.05, 0.1) is 18.0 Å². The number of ether oxygens (including phenoxy) is 1. The number of hydroxylamine groups is 2. The van der Waals surface area contributed by atoms with Gasteiger partial charge in [0.2, 0.25) is 10.4 Å². The standard InChI is InChI=1S/C15H20N4O7S2.Na/c1-15(2,3)25-13(20)17-7-12-16-6-11(27-12)9-4-5-18-8-10(9)19(14(18)21)26-28(22,23)24;/h4,6,10H,5,7-8H2,1-3H3,(H,17,20)(H,22,23,24);/q;+1/p-1. The van der Waals surface area contributed by atoms with Gasteiger partial charge in [-0.05, 0) is 26.3 Å². The number of thiazole rings is 1. The Hall–Kier alpha value is -1.22. The third-order valence-corrected chi connectivity index (χ3v) is 5.21. The fraction of sp³-hybridized carbons (Fsp3) is 0.533. The van der Waals surface area contributed by atoms with E-state index in [-0.39, 0.29) is 49.2 Å². The van der Waals surface area contributed by atoms with E-state index in [2.05, 4.69) is 14.6 Å². The van der Waals surface area contributed by atoms with Crippen LogP contribution < -0.4 is 34.9 Å². The molecular weight excluding hydrogens is 435 g/mol. The predicted molar refractivity (Wildman–Crippen MR) is 96.5 cm³/mol. The van der Waals surface area contributed by atoms with E-state index in [9.17, 15) is 22.6 Å². The molecule has 0 radical (unpaired) electrons. The van der Waals surface area contributed by atoms with Crippen LogP contribution in [0.2, 0.25) is 0 Å². The minimum atomic E-state index is -5.09. The van der Waals surface area contributed by atoms with E-state index < -0.39 is 34.2 Å². The SMILES string of the molecule is CC(C)(C)OC(=O)NCc1ncc(C2=CCN3CC2N(OS(=O)(=O)[O-])C3=O)s1.[Na+]. The Bertz CT molecular complexity index is 925. The molecule has 11 nitrogen and oxygen atoms in total. The topological polar surface area (TPSA) is 141 Å². The van der Waals surface area contributed by atoms with Gasteiger partial charge in [0.1, 0.15) is 16.7 Å². The number of amides is 3. The molecule has 154 valence electrons. The van der Waals surface area contributed by atoms with Gasteiger partial charge in [-0.2, -0.15) is 9.35 Å². The number of nitrogens with one attached hydrogen (secondary N) is 1. The van der Waals surface area contributed by atoms with Crippen molar-refractivity contribution >= 4 is 39.4 Å². The van der Waals surface area contributed by atoms with Crippen molar-refractivity contribution in [1.82, 2.24) is 20.3 Å². The number of alkyl carbamates (subject to hydrolysis) is 1. The molecule has 2 bridgehead atoms. The van der Waals surface area contributed by atoms with Crippen LogP contribution in [0.4, 0.5) is 9.59 Å². The van der Waals surface area contributed by atoms with Crippen LogP contribution >= 0.6 is 11.3 Å². The summed E-state index contributed by atoms with van der Waals surface area (Å²) in [5.74, 6) is 0. The molecule has 3 heterocycles. The van der Waals surface area contributed by atoms with Crippen molar-refractivity contribution in [1.29, 1.82) is 0 Å². The Morgan fingerprint density at radius 2 is 2.14 bits per heavy atom. The molecule has 29 heavy (non-hydrogen) atoms. The van der Waals surface area contributed by atoms with E-state index in [1.54, 1.807) is 33.0 Å². The number of carbonyl (C=O) groups is 2. The third kappa shape index (κ3) is 6.13. The summed E-state index contributed by atoms with van der Waals surface area (Å²) in [5, 5.41) is 3.78. The van der Waals surface area contributed by atoms with Crippen molar-refractivity contribution in [2.24, 2.45) is 0 Å². The van der Waals surface area contributed by atoms with Crippen LogP contribution in [-0.4, -0.2) is 64.8 Å². The number of rotatable bonds is 5. The predicted octanol–water partition coefficient (Wildman–Crippen LogP) is -1.93. The van der Waals surface area contributed by atoms with Crippen LogP contribution in [-0.2, 0) is 26.0 Å². The molecule has 0 aliphatic carbocycles. The first-order chi connectivity index (χ1) is 12.9. The molecule has 1 N–H and O–H groups in total. The van der Waals surface area contributed by atoms with Gasteiger partial charge in [-0.25, -0.2) is 23.0 Å². The molecule has 1 fully saturated rings. The van der Waals surface area contributed by atoms with E-state index in [1.165, 1.54) is 16.2 Å². The summed E-state index contributed by atoms with van der Waals surface area (Å²) in [5.41, 5.74) is 0.0175. The minimum Gasteiger partial charge on any atom is -0.724 e. The van der Waals surface area contributed by atoms with Crippen molar-refractivity contribution in [2.45, 2.75) is 39.0 Å². The largest absolute Gasteiger partial charge is 1.00 e. The molecule has 1 saturated heterocycles. The zero-order valence-corrected chi connectivity index (χ0v) is 20.0. The van der Waals surface area contributed by atoms with E-state index >= 15 is 0 Å². The van der Waals surface area contributed by atoms with Gasteiger partial charge < -0.3 is 19.5 Å². The summed E-state index contributed by atoms with van der Waals surface area (Å²) in [6.07, 6.45) is 2.74. The maximum Gasteiger partial charge on any atom is 1.00 e. The van der Waals surface area contributed by atoms with Gasteiger partial charge in [0.15, 0.2) is 0 Å². The Morgan fingerprint density at radius 1 is 1.45 bits per heavy atom. The van der Waals surface area contributed by atoms with Crippen LogP contribution in [0.1, 0.15) is 30.7 Å². The fourth-order valence-corrected chi connectivity index (χ4v) is 4.10. The minimum absolute atomic E-state index is 0. The van der Waals surface area contributed by atoms with Gasteiger partial charge in [-0.3, -0.25) is 0 Å². The van der Waals surface area contributed by atoms with Crippen molar-refractivity contribution < 1.29 is 61.1 Å². The maximum atomic E-state index is 12.2. The maximum absolute atomic E-state index is 12.2. The summed E-state index contributed by atoms with van der Waals surface area (Å²) in [4.78, 5) is 30.2. The summed E-state index contributed by atoms with van der Waals surface area (Å²) >= 11 is 1.27. The number of urea groups is 1. The zero-order valence-electron chi connectivity index (χ0n) is 16.4. The van der Waals surface area contributed by atoms with E-state index in [4.69, 9.17) is 4.74 Å². The average Bonchev–Trinajstić information content (AvgIpc) is 3.11. The Labute approximate surface area is 194 Å². The van der Waals surface area contributed by atoms with Crippen molar-refractivity contribution in [3.63, 3.8) is 0 Å². The monoisotopic (exact) mass is 454 g/mol. The molecule has 14 heteroatoms. The number of nitrogens with zero attached hydrogens (tertiary/aromatic N) is 3. The molecule has 1 atom stereocenters. The fourth-order valence-electron chi connectivity index (χ4n) is 2.79. The average molecular weight is 454 g/mol. The summed E-state index contributed by atoms with van der Waals surface area (Å²) in [6.45, 7) is 5.87. The van der Waals surface area contributed by atoms with Crippen LogP contribution in [0.5, 0.6) is 0 Å². The quantitative estimate of drug-likeness (QED) is 0.308. The van der Waals surface area contributed by atoms with Crippen molar-refractivity contribution in [2.75, 3.05) is 13.1 Å². The molecule has 3 amide bonds. The van der Waals surface area contributed by atoms with Crippen molar-refractivity contribution in [3.05, 3.63) is 22.2 Å². The number of hydrogen-bond acceptors (Lipinski definition) is 9. The first-order valence-electron chi connectivity index (χ1n) is 8.28. The van der Waals surface area contributed by atoms with Crippen LogP contribution in [0.3, 0.4) is 0 Å². The van der Waals surface area contributed by atoms with Gasteiger partial charge in [0, 0.05) is 12.7 Å². The second-order valence-corrected chi connectivity index (χ2v) is 9.23. The smallest absolute Gasteiger partial charge is 0.724 e. The van der Waals surface area contributed by atoms with E-state index in [0.717, 1.165) is 0 Å². The second kappa shape index (κ2) is 8.88. The van der Waals surface area contributed by atoms with Gasteiger partial charge >= 0.3 is 41.7 Å². The third-order valence-electron chi connectivity index (χ3n) is 3.82. The molecule has 0 spiro atoms. The summed E-state index contributed by atoms with van der Waals surface area (Å²) in [7, 11) is -5.09. The normalized spacial score (nSPS) is 19.0. The summed E-state index contributed by atoms with van der Waals surface area (Å²) < 4.78 is 42.3. The first-order valence-corrected chi connectivity index (χ1v) is 10.4. The molecular formula is C15H19N4NaO7S2. The van der Waals surface area contributed by atoms with Gasteiger partial charge in [-0.1, -0.05) is 6.08 Å². The molecule has 1 aromatic heterocycles. The second-order valence-electron chi connectivity index (χ2n) is 7.15.